The van der Waals surface area contributed by atoms with Gasteiger partial charge in [0.05, 0.1) is 0 Å². The molecule has 0 aromatic rings. The molecule has 1 rings (SSSR count). The fraction of sp³-hybridized carbons (Fsp3) is 0.846. The summed E-state index contributed by atoms with van der Waals surface area (Å²) < 4.78 is 0. The van der Waals surface area contributed by atoms with Crippen LogP contribution in [0.4, 0.5) is 4.79 Å². The molecule has 6 heteroatoms. The van der Waals surface area contributed by atoms with Gasteiger partial charge in [0.25, 0.3) is 0 Å². The first-order valence-electron chi connectivity index (χ1n) is 6.85. The summed E-state index contributed by atoms with van der Waals surface area (Å²) in [5, 5.41) is 11.8. The molecule has 110 valence electrons. The predicted molar refractivity (Wildman–Crippen MR) is 73.1 cm³/mol. The van der Waals surface area contributed by atoms with E-state index in [1.807, 2.05) is 20.9 Å². The molecule has 3 unspecified atom stereocenters. The van der Waals surface area contributed by atoms with Crippen molar-refractivity contribution < 1.29 is 14.7 Å². The van der Waals surface area contributed by atoms with Crippen LogP contribution in [0.15, 0.2) is 0 Å². The van der Waals surface area contributed by atoms with Gasteiger partial charge < -0.3 is 20.2 Å². The van der Waals surface area contributed by atoms with E-state index in [0.29, 0.717) is 19.1 Å². The van der Waals surface area contributed by atoms with E-state index in [4.69, 9.17) is 0 Å². The quantitative estimate of drug-likeness (QED) is 0.794. The number of amides is 2. The van der Waals surface area contributed by atoms with Gasteiger partial charge in [-0.05, 0) is 19.9 Å². The van der Waals surface area contributed by atoms with E-state index >= 15 is 0 Å². The van der Waals surface area contributed by atoms with E-state index in [0.717, 1.165) is 13.0 Å². The summed E-state index contributed by atoms with van der Waals surface area (Å²) in [4.78, 5) is 27.2. The summed E-state index contributed by atoms with van der Waals surface area (Å²) in [5.74, 6) is -1.05. The highest BCUT2D eigenvalue weighted by atomic mass is 16.4. The molecule has 0 radical (unpaired) electrons. The van der Waals surface area contributed by atoms with Crippen LogP contribution in [0.25, 0.3) is 0 Å². The maximum absolute atomic E-state index is 12.1. The van der Waals surface area contributed by atoms with E-state index in [1.165, 1.54) is 0 Å². The van der Waals surface area contributed by atoms with Crippen molar-refractivity contribution in [1.82, 2.24) is 15.1 Å². The van der Waals surface area contributed by atoms with Crippen LogP contribution >= 0.6 is 0 Å². The molecule has 0 saturated carbocycles. The minimum Gasteiger partial charge on any atom is -0.480 e. The minimum absolute atomic E-state index is 0.0775. The molecule has 2 amide bonds. The molecule has 0 aromatic carbocycles. The molecular formula is C13H25N3O3. The van der Waals surface area contributed by atoms with Crippen LogP contribution in [0.5, 0.6) is 0 Å². The van der Waals surface area contributed by atoms with Crippen molar-refractivity contribution >= 4 is 12.0 Å². The Hall–Kier alpha value is -1.30. The van der Waals surface area contributed by atoms with Gasteiger partial charge in [0.15, 0.2) is 0 Å². The zero-order chi connectivity index (χ0) is 14.6. The number of carboxylic acids is 1. The number of hydrogen-bond donors (Lipinski definition) is 2. The third-order valence-corrected chi connectivity index (χ3v) is 4.00. The molecule has 1 saturated heterocycles. The number of piperazine rings is 1. The number of carbonyl (C=O) groups is 2. The lowest BCUT2D eigenvalue weighted by atomic mass is 9.99. The van der Waals surface area contributed by atoms with Crippen LogP contribution < -0.4 is 5.32 Å². The van der Waals surface area contributed by atoms with Crippen LogP contribution in [-0.4, -0.2) is 65.7 Å². The van der Waals surface area contributed by atoms with Crippen LogP contribution in [0.1, 0.15) is 27.2 Å². The van der Waals surface area contributed by atoms with Crippen molar-refractivity contribution in [3.63, 3.8) is 0 Å². The largest absolute Gasteiger partial charge is 0.480 e. The number of carbonyl (C=O) groups excluding carboxylic acids is 1. The zero-order valence-electron chi connectivity index (χ0n) is 12.2. The second-order valence-electron chi connectivity index (χ2n) is 5.43. The Balaban J connectivity index is 2.60. The first kappa shape index (κ1) is 15.8. The second kappa shape index (κ2) is 6.75. The molecule has 0 aromatic heterocycles. The lowest BCUT2D eigenvalue weighted by Gasteiger charge is -2.38. The molecule has 1 aliphatic heterocycles. The average molecular weight is 271 g/mol. The maximum Gasteiger partial charge on any atom is 0.326 e. The number of aliphatic carboxylic acids is 1. The van der Waals surface area contributed by atoms with Gasteiger partial charge in [-0.2, -0.15) is 0 Å². The Morgan fingerprint density at radius 3 is 2.53 bits per heavy atom. The lowest BCUT2D eigenvalue weighted by molar-refractivity contribution is -0.140. The van der Waals surface area contributed by atoms with Crippen LogP contribution in [0.3, 0.4) is 0 Å². The molecule has 6 nitrogen and oxygen atoms in total. The highest BCUT2D eigenvalue weighted by Crippen LogP contribution is 2.11. The Labute approximate surface area is 114 Å². The van der Waals surface area contributed by atoms with Gasteiger partial charge in [0.1, 0.15) is 6.04 Å². The van der Waals surface area contributed by atoms with Crippen LogP contribution in [-0.2, 0) is 4.79 Å². The summed E-state index contributed by atoms with van der Waals surface area (Å²) in [6.07, 6.45) is 0.719. The molecule has 3 atom stereocenters. The van der Waals surface area contributed by atoms with Gasteiger partial charge in [-0.1, -0.05) is 20.3 Å². The van der Waals surface area contributed by atoms with Crippen molar-refractivity contribution in [3.8, 4) is 0 Å². The standard InChI is InChI=1S/C13H25N3O3/c1-5-9(2)11(12(17)18)14-13(19)16-7-6-15(4)10(3)8-16/h9-11H,5-8H2,1-4H3,(H,14,19)(H,17,18). The zero-order valence-corrected chi connectivity index (χ0v) is 12.2. The van der Waals surface area contributed by atoms with Gasteiger partial charge in [0, 0.05) is 25.7 Å². The number of carboxylic acid groups (broad SMARTS) is 1. The van der Waals surface area contributed by atoms with Crippen molar-refractivity contribution in [2.24, 2.45) is 5.92 Å². The molecule has 1 heterocycles. The number of rotatable bonds is 4. The number of likely N-dealkylation sites (N-methyl/N-ethyl adjacent to an activating group) is 1. The molecule has 0 bridgehead atoms. The summed E-state index contributed by atoms with van der Waals surface area (Å²) in [6.45, 7) is 7.91. The molecule has 0 spiro atoms. The second-order valence-corrected chi connectivity index (χ2v) is 5.43. The predicted octanol–water partition coefficient (Wildman–Crippen LogP) is 0.831. The Morgan fingerprint density at radius 1 is 1.42 bits per heavy atom. The third kappa shape index (κ3) is 4.09. The minimum atomic E-state index is -0.968. The highest BCUT2D eigenvalue weighted by molar-refractivity contribution is 5.82. The molecule has 1 fully saturated rings. The van der Waals surface area contributed by atoms with Gasteiger partial charge >= 0.3 is 12.0 Å². The highest BCUT2D eigenvalue weighted by Gasteiger charge is 2.30. The number of nitrogens with zero attached hydrogens (tertiary/aromatic N) is 2. The molecule has 1 aliphatic rings. The van der Waals surface area contributed by atoms with Crippen LogP contribution in [0.2, 0.25) is 0 Å². The molecule has 19 heavy (non-hydrogen) atoms. The van der Waals surface area contributed by atoms with Crippen molar-refractivity contribution in [3.05, 3.63) is 0 Å². The van der Waals surface area contributed by atoms with Gasteiger partial charge in [-0.3, -0.25) is 0 Å². The van der Waals surface area contributed by atoms with E-state index in [2.05, 4.69) is 17.1 Å². The Kier molecular flexibility index (Phi) is 5.60. The Morgan fingerprint density at radius 2 is 2.05 bits per heavy atom. The fourth-order valence-corrected chi connectivity index (χ4v) is 2.14. The Bertz CT molecular complexity index is 335. The van der Waals surface area contributed by atoms with Crippen molar-refractivity contribution in [1.29, 1.82) is 0 Å². The number of hydrogen-bond acceptors (Lipinski definition) is 3. The molecule has 0 aliphatic carbocycles. The number of urea groups is 1. The van der Waals surface area contributed by atoms with Crippen molar-refractivity contribution in [2.75, 3.05) is 26.7 Å². The first-order valence-corrected chi connectivity index (χ1v) is 6.85. The summed E-state index contributed by atoms with van der Waals surface area (Å²) in [5.41, 5.74) is 0. The molecule has 2 N–H and O–H groups in total. The van der Waals surface area contributed by atoms with Crippen LogP contribution in [0, 0.1) is 5.92 Å². The van der Waals surface area contributed by atoms with E-state index in [9.17, 15) is 14.7 Å². The molecular weight excluding hydrogens is 246 g/mol. The van der Waals surface area contributed by atoms with Gasteiger partial charge in [0.2, 0.25) is 0 Å². The van der Waals surface area contributed by atoms with Crippen molar-refractivity contribution in [2.45, 2.75) is 39.3 Å². The van der Waals surface area contributed by atoms with Gasteiger partial charge in [-0.25, -0.2) is 9.59 Å². The summed E-state index contributed by atoms with van der Waals surface area (Å²) in [6, 6.07) is -0.786. The monoisotopic (exact) mass is 271 g/mol. The summed E-state index contributed by atoms with van der Waals surface area (Å²) >= 11 is 0. The smallest absolute Gasteiger partial charge is 0.326 e. The fourth-order valence-electron chi connectivity index (χ4n) is 2.14. The first-order chi connectivity index (χ1) is 8.86. The number of nitrogens with one attached hydrogen (secondary N) is 1. The maximum atomic E-state index is 12.1. The average Bonchev–Trinajstić information content (AvgIpc) is 2.37. The van der Waals surface area contributed by atoms with Gasteiger partial charge in [-0.15, -0.1) is 0 Å². The topological polar surface area (TPSA) is 72.9 Å². The van der Waals surface area contributed by atoms with E-state index in [-0.39, 0.29) is 11.9 Å². The lowest BCUT2D eigenvalue weighted by Crippen LogP contribution is -2.57. The third-order valence-electron chi connectivity index (χ3n) is 4.00. The SMILES string of the molecule is CCC(C)C(NC(=O)N1CCN(C)C(C)C1)C(=O)O. The van der Waals surface area contributed by atoms with E-state index in [1.54, 1.807) is 4.90 Å². The van der Waals surface area contributed by atoms with E-state index < -0.39 is 12.0 Å². The normalized spacial score (nSPS) is 23.8. The summed E-state index contributed by atoms with van der Waals surface area (Å²) in [7, 11) is 2.03.